The molecule has 0 aliphatic rings. The molecule has 0 radical (unpaired) electrons. The van der Waals surface area contributed by atoms with Crippen molar-refractivity contribution in [2.45, 2.75) is 26.0 Å². The van der Waals surface area contributed by atoms with Crippen LogP contribution in [0.3, 0.4) is 0 Å². The molecule has 1 aromatic carbocycles. The van der Waals surface area contributed by atoms with E-state index in [0.29, 0.717) is 11.3 Å². The maximum atomic E-state index is 10.5. The van der Waals surface area contributed by atoms with E-state index >= 15 is 0 Å². The van der Waals surface area contributed by atoms with E-state index < -0.39 is 12.0 Å². The van der Waals surface area contributed by atoms with Gasteiger partial charge in [0.25, 0.3) is 0 Å². The van der Waals surface area contributed by atoms with Crippen molar-refractivity contribution in [3.63, 3.8) is 0 Å². The molecule has 0 saturated heterocycles. The molecule has 96 valence electrons. The molecule has 1 rings (SSSR count). The van der Waals surface area contributed by atoms with Crippen molar-refractivity contribution in [2.24, 2.45) is 0 Å². The lowest BCUT2D eigenvalue weighted by atomic mass is 10.1. The van der Waals surface area contributed by atoms with E-state index in [0.717, 1.165) is 0 Å². The lowest BCUT2D eigenvalue weighted by Gasteiger charge is -2.13. The maximum Gasteiger partial charge on any atom is 0.317 e. The summed E-state index contributed by atoms with van der Waals surface area (Å²) in [6.07, 6.45) is 0.0489. The van der Waals surface area contributed by atoms with Crippen LogP contribution < -0.4 is 10.1 Å². The molecule has 0 aliphatic heterocycles. The van der Waals surface area contributed by atoms with E-state index in [1.807, 2.05) is 19.9 Å². The van der Waals surface area contributed by atoms with Gasteiger partial charge in [0.1, 0.15) is 11.8 Å². The first-order valence-corrected chi connectivity index (χ1v) is 5.64. The number of carboxylic acid groups (broad SMARTS) is 1. The number of ether oxygens (including phenoxy) is 1. The van der Waals surface area contributed by atoms with Gasteiger partial charge in [-0.25, -0.2) is 0 Å². The van der Waals surface area contributed by atoms with E-state index in [1.54, 1.807) is 24.3 Å². The predicted octanol–water partition coefficient (Wildman–Crippen LogP) is 1.71. The molecule has 0 spiro atoms. The van der Waals surface area contributed by atoms with Crippen molar-refractivity contribution in [3.05, 3.63) is 29.8 Å². The highest BCUT2D eigenvalue weighted by atomic mass is 16.5. The lowest BCUT2D eigenvalue weighted by Crippen LogP contribution is -2.26. The maximum absolute atomic E-state index is 10.5. The van der Waals surface area contributed by atoms with Gasteiger partial charge >= 0.3 is 5.97 Å². The quantitative estimate of drug-likeness (QED) is 0.800. The second-order valence-corrected chi connectivity index (χ2v) is 4.08. The molecule has 2 N–H and O–H groups in total. The number of hydrogen-bond acceptors (Lipinski definition) is 4. The van der Waals surface area contributed by atoms with Crippen LogP contribution in [-0.4, -0.2) is 23.7 Å². The Balaban J connectivity index is 2.80. The molecule has 5 heteroatoms. The molecule has 0 fully saturated rings. The van der Waals surface area contributed by atoms with Crippen molar-refractivity contribution in [1.29, 1.82) is 5.26 Å². The second kappa shape index (κ2) is 6.62. The minimum atomic E-state index is -0.996. The van der Waals surface area contributed by atoms with Crippen molar-refractivity contribution in [3.8, 4) is 11.8 Å². The third kappa shape index (κ3) is 4.44. The standard InChI is InChI=1S/C13H16N2O3/c1-9(2)18-11-5-3-4-10(6-11)12(7-14)15-8-13(16)17/h3-6,9,12,15H,8H2,1-2H3,(H,16,17). The van der Waals surface area contributed by atoms with Crippen LogP contribution in [0.25, 0.3) is 0 Å². The number of rotatable bonds is 6. The average molecular weight is 248 g/mol. The van der Waals surface area contributed by atoms with Crippen molar-refractivity contribution in [2.75, 3.05) is 6.54 Å². The monoisotopic (exact) mass is 248 g/mol. The molecule has 18 heavy (non-hydrogen) atoms. The summed E-state index contributed by atoms with van der Waals surface area (Å²) in [4.78, 5) is 10.5. The fourth-order valence-electron chi connectivity index (χ4n) is 1.47. The number of carbonyl (C=O) groups is 1. The second-order valence-electron chi connectivity index (χ2n) is 4.08. The van der Waals surface area contributed by atoms with Crippen LogP contribution in [-0.2, 0) is 4.79 Å². The van der Waals surface area contributed by atoms with Gasteiger partial charge in [-0.1, -0.05) is 12.1 Å². The Morgan fingerprint density at radius 1 is 1.56 bits per heavy atom. The van der Waals surface area contributed by atoms with Crippen LogP contribution in [0.2, 0.25) is 0 Å². The Morgan fingerprint density at radius 3 is 2.83 bits per heavy atom. The number of aliphatic carboxylic acids is 1. The Hall–Kier alpha value is -2.06. The molecule has 0 aromatic heterocycles. The predicted molar refractivity (Wildman–Crippen MR) is 66.2 cm³/mol. The van der Waals surface area contributed by atoms with Crippen molar-refractivity contribution >= 4 is 5.97 Å². The van der Waals surface area contributed by atoms with Crippen molar-refractivity contribution < 1.29 is 14.6 Å². The largest absolute Gasteiger partial charge is 0.491 e. The summed E-state index contributed by atoms with van der Waals surface area (Å²) in [6, 6.07) is 8.45. The van der Waals surface area contributed by atoms with Gasteiger partial charge in [0.15, 0.2) is 0 Å². The van der Waals surface area contributed by atoms with Gasteiger partial charge in [0.2, 0.25) is 0 Å². The Bertz CT molecular complexity index is 452. The molecule has 1 unspecified atom stereocenters. The van der Waals surface area contributed by atoms with Gasteiger partial charge in [-0.15, -0.1) is 0 Å². The number of benzene rings is 1. The Kier molecular flexibility index (Phi) is 5.15. The van der Waals surface area contributed by atoms with Crippen LogP contribution in [0, 0.1) is 11.3 Å². The molecule has 0 aliphatic carbocycles. The third-order valence-electron chi connectivity index (χ3n) is 2.15. The van der Waals surface area contributed by atoms with Gasteiger partial charge < -0.3 is 9.84 Å². The van der Waals surface area contributed by atoms with Gasteiger partial charge in [-0.05, 0) is 31.5 Å². The van der Waals surface area contributed by atoms with Crippen molar-refractivity contribution in [1.82, 2.24) is 5.32 Å². The molecule has 5 nitrogen and oxygen atoms in total. The van der Waals surface area contributed by atoms with Crippen LogP contribution in [0.1, 0.15) is 25.5 Å². The smallest absolute Gasteiger partial charge is 0.317 e. The Labute approximate surface area is 106 Å². The minimum absolute atomic E-state index is 0.0489. The van der Waals surface area contributed by atoms with E-state index in [1.165, 1.54) is 0 Å². The van der Waals surface area contributed by atoms with Crippen LogP contribution in [0.4, 0.5) is 0 Å². The van der Waals surface area contributed by atoms with E-state index in [9.17, 15) is 4.79 Å². The zero-order valence-electron chi connectivity index (χ0n) is 10.4. The number of carboxylic acids is 1. The first kappa shape index (κ1) is 14.0. The molecule has 0 heterocycles. The summed E-state index contributed by atoms with van der Waals surface area (Å²) in [6.45, 7) is 3.57. The zero-order valence-corrected chi connectivity index (χ0v) is 10.4. The molecule has 0 amide bonds. The molecule has 1 aromatic rings. The minimum Gasteiger partial charge on any atom is -0.491 e. The highest BCUT2D eigenvalue weighted by Gasteiger charge is 2.12. The van der Waals surface area contributed by atoms with Gasteiger partial charge in [-0.3, -0.25) is 10.1 Å². The van der Waals surface area contributed by atoms with E-state index in [-0.39, 0.29) is 12.6 Å². The highest BCUT2D eigenvalue weighted by molar-refractivity contribution is 5.69. The van der Waals surface area contributed by atoms with Gasteiger partial charge in [-0.2, -0.15) is 5.26 Å². The topological polar surface area (TPSA) is 82.3 Å². The van der Waals surface area contributed by atoms with Gasteiger partial charge in [0, 0.05) is 0 Å². The third-order valence-corrected chi connectivity index (χ3v) is 2.15. The van der Waals surface area contributed by atoms with E-state index in [2.05, 4.69) is 5.32 Å². The van der Waals surface area contributed by atoms with Crippen LogP contribution in [0.15, 0.2) is 24.3 Å². The average Bonchev–Trinajstić information content (AvgIpc) is 2.29. The molecule has 0 bridgehead atoms. The summed E-state index contributed by atoms with van der Waals surface area (Å²) in [5, 5.41) is 20.3. The highest BCUT2D eigenvalue weighted by Crippen LogP contribution is 2.19. The first-order chi connectivity index (χ1) is 8.52. The summed E-state index contributed by atoms with van der Waals surface area (Å²) in [5.41, 5.74) is 0.692. The normalized spacial score (nSPS) is 11.9. The zero-order chi connectivity index (χ0) is 13.5. The fraction of sp³-hybridized carbons (Fsp3) is 0.385. The molecular weight excluding hydrogens is 232 g/mol. The lowest BCUT2D eigenvalue weighted by molar-refractivity contribution is -0.136. The summed E-state index contributed by atoms with van der Waals surface area (Å²) in [5.74, 6) is -0.329. The van der Waals surface area contributed by atoms with Crippen LogP contribution in [0.5, 0.6) is 5.75 Å². The van der Waals surface area contributed by atoms with E-state index in [4.69, 9.17) is 15.1 Å². The van der Waals surface area contributed by atoms with Crippen LogP contribution >= 0.6 is 0 Å². The molecule has 1 atom stereocenters. The summed E-state index contributed by atoms with van der Waals surface area (Å²) in [7, 11) is 0. The molecular formula is C13H16N2O3. The number of hydrogen-bond donors (Lipinski definition) is 2. The Morgan fingerprint density at radius 2 is 2.28 bits per heavy atom. The SMILES string of the molecule is CC(C)Oc1cccc(C(C#N)NCC(=O)O)c1. The number of nitrogens with zero attached hydrogens (tertiary/aromatic N) is 1. The number of nitriles is 1. The van der Waals surface area contributed by atoms with Gasteiger partial charge in [0.05, 0.1) is 18.7 Å². The summed E-state index contributed by atoms with van der Waals surface area (Å²) < 4.78 is 5.52. The fourth-order valence-corrected chi connectivity index (χ4v) is 1.47. The summed E-state index contributed by atoms with van der Waals surface area (Å²) >= 11 is 0. The number of nitrogens with one attached hydrogen (secondary N) is 1. The molecule has 0 saturated carbocycles. The first-order valence-electron chi connectivity index (χ1n) is 5.64.